The monoisotopic (exact) mass is 569 g/mol. The fraction of sp³-hybridized carbons (Fsp3) is 0.889. The van der Waals surface area contributed by atoms with E-state index in [1.165, 1.54) is 24.8 Å². The van der Waals surface area contributed by atoms with Gasteiger partial charge in [0, 0.05) is 0 Å². The van der Waals surface area contributed by atoms with E-state index in [0.29, 0.717) is 30.1 Å². The molecule has 0 spiro atoms. The molecule has 1 amide bonds. The third kappa shape index (κ3) is 4.32. The maximum absolute atomic E-state index is 14.3. The largest absolute Gasteiger partial charge is 0.480 e. The van der Waals surface area contributed by atoms with E-state index in [1.807, 2.05) is 13.8 Å². The number of aliphatic hydroxyl groups is 1. The fourth-order valence-corrected chi connectivity index (χ4v) is 12.5. The van der Waals surface area contributed by atoms with Crippen molar-refractivity contribution in [3.05, 3.63) is 12.2 Å². The van der Waals surface area contributed by atoms with Gasteiger partial charge in [-0.05, 0) is 135 Å². The molecule has 5 aliphatic rings. The number of allylic oxidation sites excluding steroid dienone is 1. The Labute approximate surface area is 249 Å². The summed E-state index contributed by atoms with van der Waals surface area (Å²) >= 11 is 0. The van der Waals surface area contributed by atoms with Crippen molar-refractivity contribution >= 4 is 11.9 Å². The van der Waals surface area contributed by atoms with E-state index in [9.17, 15) is 19.8 Å². The summed E-state index contributed by atoms with van der Waals surface area (Å²) in [5.74, 6) is 1.40. The molecule has 3 N–H and O–H groups in total. The average Bonchev–Trinajstić information content (AvgIpc) is 3.27. The van der Waals surface area contributed by atoms with Crippen LogP contribution in [0.5, 0.6) is 0 Å². The summed E-state index contributed by atoms with van der Waals surface area (Å²) in [6.45, 7) is 23.0. The molecule has 5 fully saturated rings. The van der Waals surface area contributed by atoms with Crippen LogP contribution in [0.25, 0.3) is 0 Å². The van der Waals surface area contributed by atoms with Crippen molar-refractivity contribution in [3.63, 3.8) is 0 Å². The van der Waals surface area contributed by atoms with Crippen molar-refractivity contribution < 1.29 is 19.8 Å². The molecule has 5 aliphatic carbocycles. The summed E-state index contributed by atoms with van der Waals surface area (Å²) in [5, 5.41) is 24.1. The second-order valence-corrected chi connectivity index (χ2v) is 17.2. The zero-order chi connectivity index (χ0) is 30.3. The molecule has 5 heteroatoms. The normalized spacial score (nSPS) is 47.4. The van der Waals surface area contributed by atoms with Crippen LogP contribution in [0.2, 0.25) is 0 Å². The molecule has 0 heterocycles. The summed E-state index contributed by atoms with van der Waals surface area (Å²) in [7, 11) is 0. The van der Waals surface area contributed by atoms with E-state index in [1.54, 1.807) is 0 Å². The van der Waals surface area contributed by atoms with E-state index in [0.717, 1.165) is 44.9 Å². The molecule has 1 unspecified atom stereocenters. The number of hydrogen-bond acceptors (Lipinski definition) is 3. The van der Waals surface area contributed by atoms with Gasteiger partial charge in [-0.15, -0.1) is 0 Å². The lowest BCUT2D eigenvalue weighted by Crippen LogP contribution is -2.67. The Morgan fingerprint density at radius 1 is 0.878 bits per heavy atom. The summed E-state index contributed by atoms with van der Waals surface area (Å²) < 4.78 is 0. The molecule has 0 bridgehead atoms. The quantitative estimate of drug-likeness (QED) is 0.287. The molecule has 232 valence electrons. The molecule has 0 saturated heterocycles. The van der Waals surface area contributed by atoms with E-state index in [2.05, 4.69) is 53.4 Å². The van der Waals surface area contributed by atoms with Crippen LogP contribution >= 0.6 is 0 Å². The number of nitrogens with one attached hydrogen (secondary N) is 1. The third-order valence-electron chi connectivity index (χ3n) is 14.8. The predicted octanol–water partition coefficient (Wildman–Crippen LogP) is 7.62. The Balaban J connectivity index is 1.51. The Kier molecular flexibility index (Phi) is 7.65. The highest BCUT2D eigenvalue weighted by molar-refractivity contribution is 5.88. The molecule has 5 rings (SSSR count). The van der Waals surface area contributed by atoms with E-state index in [4.69, 9.17) is 0 Å². The zero-order valence-electron chi connectivity index (χ0n) is 27.3. The van der Waals surface area contributed by atoms with E-state index < -0.39 is 17.4 Å². The summed E-state index contributed by atoms with van der Waals surface area (Å²) in [4.78, 5) is 26.5. The first-order valence-electron chi connectivity index (χ1n) is 16.8. The van der Waals surface area contributed by atoms with Gasteiger partial charge in [0.15, 0.2) is 0 Å². The van der Waals surface area contributed by atoms with Crippen LogP contribution in [0.4, 0.5) is 0 Å². The molecular weight excluding hydrogens is 510 g/mol. The smallest absolute Gasteiger partial charge is 0.326 e. The number of rotatable bonds is 6. The lowest BCUT2D eigenvalue weighted by molar-refractivity contribution is -0.246. The predicted molar refractivity (Wildman–Crippen MR) is 164 cm³/mol. The van der Waals surface area contributed by atoms with Gasteiger partial charge in [-0.3, -0.25) is 4.79 Å². The number of carboxylic acid groups (broad SMARTS) is 1. The molecule has 0 radical (unpaired) electrons. The molecular formula is C36H59NO4. The molecule has 11 atom stereocenters. The minimum absolute atomic E-state index is 0.00712. The van der Waals surface area contributed by atoms with Gasteiger partial charge in [0.25, 0.3) is 0 Å². The number of aliphatic carboxylic acids is 1. The molecule has 41 heavy (non-hydrogen) atoms. The Morgan fingerprint density at radius 3 is 2.17 bits per heavy atom. The SMILES string of the molecule is C=C(C)[C@@H]1CC[C@]2(C(=O)N[C@@H](CC(C)C)C(=O)O)CC[C@]3(C)[C@H](CCC4[C@@]5(C)CC[C@H](O)C(C)(C)[C@@H]5CC[C@]43C)[C@@H]12. The lowest BCUT2D eigenvalue weighted by atomic mass is 9.32. The highest BCUT2D eigenvalue weighted by Crippen LogP contribution is 2.77. The van der Waals surface area contributed by atoms with Gasteiger partial charge in [0.2, 0.25) is 5.91 Å². The Morgan fingerprint density at radius 2 is 1.56 bits per heavy atom. The minimum atomic E-state index is -0.923. The van der Waals surface area contributed by atoms with Crippen molar-refractivity contribution in [2.45, 2.75) is 138 Å². The van der Waals surface area contributed by atoms with Gasteiger partial charge in [-0.2, -0.15) is 0 Å². The molecule has 5 saturated carbocycles. The zero-order valence-corrected chi connectivity index (χ0v) is 27.3. The van der Waals surface area contributed by atoms with Crippen LogP contribution in [-0.2, 0) is 9.59 Å². The standard InChI is InChI=1S/C36H59NO4/c1-21(2)20-25(30(39)40)37-31(41)36-17-12-23(22(3)4)29(36)24-10-11-27-33(7)15-14-28(38)32(5,6)26(33)13-16-35(27,9)34(24,8)18-19-36/h21,23-29,38H,3,10-20H2,1-2,4-9H3,(H,37,41)(H,39,40)/t23-,24+,25-,26-,27?,28-,29+,33-,34+,35+,36-/m0/s1. The van der Waals surface area contributed by atoms with Gasteiger partial charge in [-0.1, -0.05) is 60.6 Å². The second kappa shape index (κ2) is 10.1. The number of carboxylic acids is 1. The highest BCUT2D eigenvalue weighted by atomic mass is 16.4. The van der Waals surface area contributed by atoms with Crippen molar-refractivity contribution in [1.29, 1.82) is 0 Å². The van der Waals surface area contributed by atoms with Crippen LogP contribution in [0.15, 0.2) is 12.2 Å². The van der Waals surface area contributed by atoms with Crippen molar-refractivity contribution in [2.24, 2.45) is 62.6 Å². The van der Waals surface area contributed by atoms with Gasteiger partial charge in [-0.25, -0.2) is 4.79 Å². The number of carbonyl (C=O) groups excluding carboxylic acids is 1. The molecule has 0 aliphatic heterocycles. The fourth-order valence-electron chi connectivity index (χ4n) is 12.5. The molecule has 0 aromatic heterocycles. The topological polar surface area (TPSA) is 86.6 Å². The second-order valence-electron chi connectivity index (χ2n) is 17.2. The first-order valence-corrected chi connectivity index (χ1v) is 16.8. The Bertz CT molecular complexity index is 1080. The van der Waals surface area contributed by atoms with Crippen LogP contribution in [0, 0.1) is 62.6 Å². The van der Waals surface area contributed by atoms with Crippen molar-refractivity contribution in [1.82, 2.24) is 5.32 Å². The van der Waals surface area contributed by atoms with Crippen LogP contribution in [-0.4, -0.2) is 34.2 Å². The third-order valence-corrected chi connectivity index (χ3v) is 14.8. The average molecular weight is 570 g/mol. The number of aliphatic hydroxyl groups excluding tert-OH is 1. The van der Waals surface area contributed by atoms with Gasteiger partial charge in [0.1, 0.15) is 6.04 Å². The number of hydrogen-bond donors (Lipinski definition) is 3. The summed E-state index contributed by atoms with van der Waals surface area (Å²) in [5.41, 5.74) is 1.17. The molecule has 0 aromatic rings. The van der Waals surface area contributed by atoms with Gasteiger partial charge < -0.3 is 15.5 Å². The Hall–Kier alpha value is -1.36. The molecule has 0 aromatic carbocycles. The number of fused-ring (bicyclic) bond motifs is 7. The van der Waals surface area contributed by atoms with Crippen molar-refractivity contribution in [3.8, 4) is 0 Å². The first-order chi connectivity index (χ1) is 19.0. The minimum Gasteiger partial charge on any atom is -0.480 e. The number of carbonyl (C=O) groups is 2. The van der Waals surface area contributed by atoms with Crippen LogP contribution in [0.3, 0.4) is 0 Å². The van der Waals surface area contributed by atoms with E-state index >= 15 is 0 Å². The lowest BCUT2D eigenvalue weighted by Gasteiger charge is -2.72. The van der Waals surface area contributed by atoms with Gasteiger partial charge in [0.05, 0.1) is 11.5 Å². The summed E-state index contributed by atoms with van der Waals surface area (Å²) in [6.07, 6.45) is 10.7. The summed E-state index contributed by atoms with van der Waals surface area (Å²) in [6, 6.07) is -0.830. The maximum Gasteiger partial charge on any atom is 0.326 e. The van der Waals surface area contributed by atoms with E-state index in [-0.39, 0.29) is 45.5 Å². The van der Waals surface area contributed by atoms with Crippen LogP contribution in [0.1, 0.15) is 126 Å². The number of amides is 1. The highest BCUT2D eigenvalue weighted by Gasteiger charge is 2.71. The first kappa shape index (κ1) is 31.1. The van der Waals surface area contributed by atoms with Crippen molar-refractivity contribution in [2.75, 3.05) is 0 Å². The van der Waals surface area contributed by atoms with Crippen LogP contribution < -0.4 is 5.32 Å². The molecule has 5 nitrogen and oxygen atoms in total. The maximum atomic E-state index is 14.3. The van der Waals surface area contributed by atoms with Gasteiger partial charge >= 0.3 is 5.97 Å².